The highest BCUT2D eigenvalue weighted by molar-refractivity contribution is 7.80. The summed E-state index contributed by atoms with van der Waals surface area (Å²) in [7, 11) is 0. The Labute approximate surface area is 691 Å². The number of carbonyl (C=O) groups is 11. The number of carbonyl (C=O) groups excluding carboxylic acids is 11. The number of nitrogens with one attached hydrogen (secondary N) is 21. The molecule has 2 aliphatic heterocycles. The van der Waals surface area contributed by atoms with E-state index in [4.69, 9.17) is 94.6 Å². The number of anilines is 1. The van der Waals surface area contributed by atoms with Crippen LogP contribution in [0.3, 0.4) is 0 Å². The van der Waals surface area contributed by atoms with Crippen LogP contribution in [0.5, 0.6) is 23.0 Å². The van der Waals surface area contributed by atoms with Crippen molar-refractivity contribution in [3.8, 4) is 23.0 Å². The van der Waals surface area contributed by atoms with E-state index < -0.39 is 149 Å². The number of unbranched alkanes of at least 4 members (excludes halogenated alkanes) is 2. The van der Waals surface area contributed by atoms with Crippen LogP contribution in [0.1, 0.15) is 150 Å². The number of aromatic hydroxyl groups is 2. The number of fused-ring (bicyclic) bond motifs is 6. The second kappa shape index (κ2) is 48.6. The van der Waals surface area contributed by atoms with Gasteiger partial charge in [-0.15, -0.1) is 0 Å². The summed E-state index contributed by atoms with van der Waals surface area (Å²) in [6.45, 7) is 2.94. The third-order valence-corrected chi connectivity index (χ3v) is 19.0. The van der Waals surface area contributed by atoms with E-state index in [0.29, 0.717) is 35.2 Å². The van der Waals surface area contributed by atoms with Gasteiger partial charge in [-0.2, -0.15) is 0 Å². The second-order valence-corrected chi connectivity index (χ2v) is 28.7. The number of amides is 10. The predicted molar refractivity (Wildman–Crippen MR) is 442 cm³/mol. The SMILES string of the molecule is C[C@H](NC(=O)[C@H](CCCNC(=N)N)NC(=O)CCNC(=S)Nc1ccc2c(c1)C(=O)OC21c2ccc(O)cc2Oc2cc(O)ccc21)C(=O)N[C@@H](CCCNC(=N)N)C(=O)N[C@@H](CCCNC(=N)N)C(=O)N[C@@H](CCCNC(=N)N)C(=O)N[C@@H](CCCCN)C(=O)N[C@@H](CCCCN)C(=O)N[C@@H](CCCNC(=N)N)C(=O)N[C@H](C(N)=O)[C@@H](C)O. The number of guanidine groups is 5. The van der Waals surface area contributed by atoms with Crippen LogP contribution in [0.2, 0.25) is 0 Å². The second-order valence-electron chi connectivity index (χ2n) is 28.3. The molecule has 3 aromatic rings. The Balaban J connectivity index is 1.33. The summed E-state index contributed by atoms with van der Waals surface area (Å²) in [5.41, 5.74) is 45.0. The number of nitrogens with two attached hydrogens (primary N) is 8. The first-order valence-electron chi connectivity index (χ1n) is 38.8. The number of benzene rings is 3. The molecule has 119 heavy (non-hydrogen) atoms. The molecule has 654 valence electrons. The van der Waals surface area contributed by atoms with Gasteiger partial charge in [-0.1, -0.05) is 6.07 Å². The highest BCUT2D eigenvalue weighted by Gasteiger charge is 2.54. The molecule has 2 aliphatic rings. The zero-order valence-electron chi connectivity index (χ0n) is 66.3. The maximum Gasteiger partial charge on any atom is 0.340 e. The lowest BCUT2D eigenvalue weighted by molar-refractivity contribution is -0.136. The monoisotopic (exact) mass is 1690 g/mol. The van der Waals surface area contributed by atoms with E-state index >= 15 is 0 Å². The highest BCUT2D eigenvalue weighted by atomic mass is 32.1. The molecule has 5 rings (SSSR count). The maximum atomic E-state index is 14.8. The molecule has 45 nitrogen and oxygen atoms in total. The lowest BCUT2D eigenvalue weighted by atomic mass is 9.77. The molecule has 0 fully saturated rings. The third-order valence-electron chi connectivity index (χ3n) is 18.8. The quantitative estimate of drug-likeness (QED) is 0.00823. The number of rotatable bonds is 51. The van der Waals surface area contributed by atoms with Crippen molar-refractivity contribution in [3.05, 3.63) is 76.9 Å². The molecule has 40 N–H and O–H groups in total. The summed E-state index contributed by atoms with van der Waals surface area (Å²) >= 11 is 5.56. The number of esters is 1. The molecular formula is C73H115N29O16S. The van der Waals surface area contributed by atoms with Gasteiger partial charge in [0.25, 0.3) is 0 Å². The van der Waals surface area contributed by atoms with Gasteiger partial charge < -0.3 is 156 Å². The van der Waals surface area contributed by atoms with Crippen LogP contribution in [-0.2, 0) is 58.3 Å². The Morgan fingerprint density at radius 1 is 0.429 bits per heavy atom. The van der Waals surface area contributed by atoms with Crippen LogP contribution in [-0.4, -0.2) is 228 Å². The van der Waals surface area contributed by atoms with Crippen molar-refractivity contribution >= 4 is 118 Å². The van der Waals surface area contributed by atoms with E-state index in [9.17, 15) is 68.1 Å². The van der Waals surface area contributed by atoms with Gasteiger partial charge in [0.05, 0.1) is 11.7 Å². The largest absolute Gasteiger partial charge is 0.508 e. The lowest BCUT2D eigenvalue weighted by Crippen LogP contribution is -2.60. The highest BCUT2D eigenvalue weighted by Crippen LogP contribution is 2.57. The number of phenolic OH excluding ortho intramolecular Hbond substituents is 2. The minimum Gasteiger partial charge on any atom is -0.508 e. The minimum atomic E-state index is -1.57. The molecule has 0 saturated heterocycles. The molecule has 0 unspecified atom stereocenters. The van der Waals surface area contributed by atoms with Crippen LogP contribution in [0, 0.1) is 27.0 Å². The predicted octanol–water partition coefficient (Wildman–Crippen LogP) is -5.83. The first-order valence-corrected chi connectivity index (χ1v) is 39.2. The molecule has 1 spiro atoms. The van der Waals surface area contributed by atoms with Crippen molar-refractivity contribution in [1.82, 2.24) is 79.8 Å². The van der Waals surface area contributed by atoms with Gasteiger partial charge in [0.1, 0.15) is 77.4 Å². The van der Waals surface area contributed by atoms with Gasteiger partial charge in [-0.3, -0.25) is 75.0 Å². The fourth-order valence-electron chi connectivity index (χ4n) is 12.7. The molecule has 46 heteroatoms. The summed E-state index contributed by atoms with van der Waals surface area (Å²) in [6.07, 6.45) is -0.925. The van der Waals surface area contributed by atoms with Crippen LogP contribution in [0.4, 0.5) is 5.69 Å². The van der Waals surface area contributed by atoms with Crippen molar-refractivity contribution in [2.75, 3.05) is 57.7 Å². The minimum absolute atomic E-state index is 0.00111. The number of aliphatic hydroxyl groups is 1. The number of thiocarbonyl (C=S) groups is 1. The molecule has 0 bridgehead atoms. The van der Waals surface area contributed by atoms with Crippen molar-refractivity contribution in [1.29, 1.82) is 27.0 Å². The van der Waals surface area contributed by atoms with Crippen molar-refractivity contribution in [3.63, 3.8) is 0 Å². The average Bonchev–Trinajstić information content (AvgIpc) is 1.58. The normalized spacial score (nSPS) is 14.4. The van der Waals surface area contributed by atoms with Gasteiger partial charge in [-0.05, 0) is 178 Å². The Morgan fingerprint density at radius 2 is 0.765 bits per heavy atom. The molecule has 10 atom stereocenters. The molecule has 2 heterocycles. The van der Waals surface area contributed by atoms with E-state index in [2.05, 4.69) is 85.1 Å². The number of primary amides is 1. The Bertz CT molecular complexity index is 4070. The first kappa shape index (κ1) is 96.7. The van der Waals surface area contributed by atoms with Crippen LogP contribution in [0.25, 0.3) is 0 Å². The summed E-state index contributed by atoms with van der Waals surface area (Å²) < 4.78 is 12.2. The van der Waals surface area contributed by atoms with Crippen molar-refractivity contribution < 1.29 is 77.5 Å². The average molecular weight is 1690 g/mol. The number of ether oxygens (including phenoxy) is 2. The number of hydrogen-bond acceptors (Lipinski definition) is 24. The summed E-state index contributed by atoms with van der Waals surface area (Å²) in [6, 6.07) is 0.380. The van der Waals surface area contributed by atoms with E-state index in [-0.39, 0.29) is 194 Å². The maximum absolute atomic E-state index is 14.8. The van der Waals surface area contributed by atoms with E-state index in [1.807, 2.05) is 0 Å². The molecular weight excluding hydrogens is 1570 g/mol. The third kappa shape index (κ3) is 31.6. The number of aliphatic hydroxyl groups excluding tert-OH is 1. The first-order chi connectivity index (χ1) is 56.5. The van der Waals surface area contributed by atoms with Crippen molar-refractivity contribution in [2.45, 2.75) is 189 Å². The number of phenols is 2. The molecule has 10 amide bonds. The Morgan fingerprint density at radius 3 is 1.12 bits per heavy atom. The Kier molecular flexibility index (Phi) is 39.5. The van der Waals surface area contributed by atoms with Gasteiger partial charge in [-0.25, -0.2) is 4.79 Å². The van der Waals surface area contributed by atoms with Gasteiger partial charge >= 0.3 is 5.97 Å². The fraction of sp³-hybridized carbons (Fsp3) is 0.521. The Hall–Kier alpha value is -12.8. The van der Waals surface area contributed by atoms with E-state index in [0.717, 1.165) is 0 Å². The van der Waals surface area contributed by atoms with Gasteiger partial charge in [0.2, 0.25) is 59.1 Å². The van der Waals surface area contributed by atoms with E-state index in [1.54, 1.807) is 24.3 Å². The molecule has 0 radical (unpaired) electrons. The van der Waals surface area contributed by atoms with Gasteiger partial charge in [0.15, 0.2) is 40.5 Å². The molecule has 0 saturated carbocycles. The summed E-state index contributed by atoms with van der Waals surface area (Å²) in [5.74, 6) is -11.6. The van der Waals surface area contributed by atoms with E-state index in [1.165, 1.54) is 44.2 Å². The standard InChI is InChI=1S/C73H115N29O16S/c1-37(93-59(109)46(14-7-28-87-67(77)78)95-55(106)25-33-92-72(119)94-39-19-22-43-42(34-39)66(116)118-73(43)44-23-20-40(104)35-53(44)117-54-36-41(105)21-24-45(54)73)58(108)96-49(15-8-29-88-68(79)80)62(112)99-51(17-10-31-90-70(83)84)64(114)100-50(16-9-30-89-69(81)82)63(113)98-47(12-3-5-26-74)60(110)97-48(13-4-6-27-75)61(111)101-52(18-11-32-91-71(85)86)65(115)102-56(38(2)103)57(76)107/h19-24,34-38,46-52,56,103-105H,3-18,25-33,74-75H2,1-2H3,(H2,76,107)(H,93,109)(H,95,106)(H,96,108)(H,97,110)(H,98,113)(H,99,112)(H,100,114)(H,101,111)(H,102,115)(H4,77,78,87)(H4,79,80,88)(H4,81,82,89)(H4,83,84,90)(H4,85,86,91)(H2,92,94,119)/t37-,38+,46-,47-,48-,49-,50-,51-,52-,56-/m0/s1. The molecule has 0 aromatic heterocycles. The zero-order valence-corrected chi connectivity index (χ0v) is 67.1. The van der Waals surface area contributed by atoms with Crippen LogP contribution in [0.15, 0.2) is 54.6 Å². The van der Waals surface area contributed by atoms with Crippen LogP contribution >= 0.6 is 12.2 Å². The molecule has 3 aromatic carbocycles. The smallest absolute Gasteiger partial charge is 0.340 e. The number of hydrogen-bond donors (Lipinski definition) is 32. The van der Waals surface area contributed by atoms with Crippen LogP contribution < -0.4 is 136 Å². The van der Waals surface area contributed by atoms with Crippen molar-refractivity contribution in [2.24, 2.45) is 45.9 Å². The topological polar surface area (TPSA) is 787 Å². The summed E-state index contributed by atoms with van der Waals surface area (Å²) in [4.78, 5) is 155. The summed E-state index contributed by atoms with van der Waals surface area (Å²) in [5, 5.41) is 112. The fourth-order valence-corrected chi connectivity index (χ4v) is 13.0. The van der Waals surface area contributed by atoms with Gasteiger partial charge in [0, 0.05) is 80.2 Å². The molecule has 0 aliphatic carbocycles. The lowest BCUT2D eigenvalue weighted by Gasteiger charge is -2.36. The zero-order chi connectivity index (χ0) is 88.1.